The molecule has 5 heteroatoms. The normalized spacial score (nSPS) is 14.3. The second-order valence-electron chi connectivity index (χ2n) is 2.71. The van der Waals surface area contributed by atoms with Gasteiger partial charge in [0.2, 0.25) is 0 Å². The summed E-state index contributed by atoms with van der Waals surface area (Å²) in [5, 5.41) is 0. The van der Waals surface area contributed by atoms with Crippen LogP contribution in [0.25, 0.3) is 0 Å². The van der Waals surface area contributed by atoms with Gasteiger partial charge >= 0.3 is 11.9 Å². The summed E-state index contributed by atoms with van der Waals surface area (Å²) in [6.45, 7) is 4.95. The third-order valence-electron chi connectivity index (χ3n) is 1.60. The van der Waals surface area contributed by atoms with Crippen molar-refractivity contribution in [3.63, 3.8) is 0 Å². The van der Waals surface area contributed by atoms with Gasteiger partial charge in [-0.1, -0.05) is 0 Å². The molecule has 0 aromatic rings. The van der Waals surface area contributed by atoms with Crippen LogP contribution in [-0.4, -0.2) is 37.9 Å². The molecule has 0 saturated heterocycles. The van der Waals surface area contributed by atoms with Crippen molar-refractivity contribution in [1.29, 1.82) is 0 Å². The lowest BCUT2D eigenvalue weighted by Crippen LogP contribution is -2.31. The molecular formula is C9H16O5. The van der Waals surface area contributed by atoms with E-state index >= 15 is 0 Å². The van der Waals surface area contributed by atoms with E-state index in [0.29, 0.717) is 0 Å². The minimum atomic E-state index is -0.889. The lowest BCUT2D eigenvalue weighted by molar-refractivity contribution is -0.172. The van der Waals surface area contributed by atoms with Gasteiger partial charge in [0.1, 0.15) is 0 Å². The van der Waals surface area contributed by atoms with Gasteiger partial charge in [-0.3, -0.25) is 0 Å². The zero-order valence-corrected chi connectivity index (χ0v) is 8.90. The molecule has 0 aliphatic carbocycles. The van der Waals surface area contributed by atoms with E-state index in [9.17, 15) is 9.59 Å². The molecule has 14 heavy (non-hydrogen) atoms. The van der Waals surface area contributed by atoms with Gasteiger partial charge in [0, 0.05) is 7.11 Å². The fraction of sp³-hybridized carbons (Fsp3) is 0.778. The Morgan fingerprint density at radius 3 is 2.14 bits per heavy atom. The molecule has 0 aliphatic rings. The first-order valence-corrected chi connectivity index (χ1v) is 4.42. The molecule has 0 amide bonds. The molecule has 5 nitrogen and oxygen atoms in total. The quantitative estimate of drug-likeness (QED) is 0.611. The lowest BCUT2D eigenvalue weighted by Gasteiger charge is -2.14. The molecule has 0 fully saturated rings. The fourth-order valence-corrected chi connectivity index (χ4v) is 0.674. The molecule has 0 spiro atoms. The number of esters is 2. The van der Waals surface area contributed by atoms with Crippen molar-refractivity contribution in [2.75, 3.05) is 13.7 Å². The Morgan fingerprint density at radius 2 is 1.71 bits per heavy atom. The van der Waals surface area contributed by atoms with Gasteiger partial charge in [0.05, 0.1) is 6.61 Å². The molecule has 82 valence electrons. The predicted molar refractivity (Wildman–Crippen MR) is 48.7 cm³/mol. The summed E-state index contributed by atoms with van der Waals surface area (Å²) in [7, 11) is 1.39. The highest BCUT2D eigenvalue weighted by atomic mass is 16.6. The van der Waals surface area contributed by atoms with Crippen molar-refractivity contribution >= 4 is 11.9 Å². The Morgan fingerprint density at radius 1 is 1.14 bits per heavy atom. The zero-order valence-electron chi connectivity index (χ0n) is 8.90. The summed E-state index contributed by atoms with van der Waals surface area (Å²) < 4.78 is 14.2. The molecule has 0 heterocycles. The average Bonchev–Trinajstić information content (AvgIpc) is 2.16. The third kappa shape index (κ3) is 4.23. The maximum atomic E-state index is 11.1. The van der Waals surface area contributed by atoms with Crippen molar-refractivity contribution in [3.05, 3.63) is 0 Å². The van der Waals surface area contributed by atoms with Crippen LogP contribution in [0.3, 0.4) is 0 Å². The van der Waals surface area contributed by atoms with Crippen molar-refractivity contribution < 1.29 is 23.8 Å². The summed E-state index contributed by atoms with van der Waals surface area (Å²) in [6.07, 6.45) is -1.56. The number of carbonyl (C=O) groups excluding carboxylic acids is 2. The van der Waals surface area contributed by atoms with Gasteiger partial charge in [-0.25, -0.2) is 9.59 Å². The van der Waals surface area contributed by atoms with Gasteiger partial charge in [-0.15, -0.1) is 0 Å². The minimum absolute atomic E-state index is 0.264. The Bertz CT molecular complexity index is 201. The monoisotopic (exact) mass is 204 g/mol. The Hall–Kier alpha value is -1.10. The van der Waals surface area contributed by atoms with Crippen LogP contribution in [0.2, 0.25) is 0 Å². The smallest absolute Gasteiger partial charge is 0.347 e. The van der Waals surface area contributed by atoms with Crippen LogP contribution in [0.15, 0.2) is 0 Å². The van der Waals surface area contributed by atoms with E-state index in [1.807, 2.05) is 0 Å². The molecule has 0 saturated carbocycles. The molecule has 0 aromatic carbocycles. The van der Waals surface area contributed by atoms with E-state index in [4.69, 9.17) is 9.47 Å². The molecule has 0 aliphatic heterocycles. The second-order valence-corrected chi connectivity index (χ2v) is 2.71. The number of rotatable bonds is 5. The van der Waals surface area contributed by atoms with E-state index in [1.54, 1.807) is 13.8 Å². The highest BCUT2D eigenvalue weighted by Crippen LogP contribution is 1.99. The van der Waals surface area contributed by atoms with E-state index in [2.05, 4.69) is 4.74 Å². The molecular weight excluding hydrogens is 188 g/mol. The molecule has 2 unspecified atom stereocenters. The summed E-state index contributed by atoms with van der Waals surface area (Å²) in [4.78, 5) is 22.2. The number of ether oxygens (including phenoxy) is 3. The van der Waals surface area contributed by atoms with Crippen molar-refractivity contribution in [1.82, 2.24) is 0 Å². The highest BCUT2D eigenvalue weighted by Gasteiger charge is 2.22. The van der Waals surface area contributed by atoms with Crippen LogP contribution in [0.4, 0.5) is 0 Å². The second kappa shape index (κ2) is 6.37. The lowest BCUT2D eigenvalue weighted by atomic mass is 10.4. The van der Waals surface area contributed by atoms with E-state index < -0.39 is 24.1 Å². The minimum Gasteiger partial charge on any atom is -0.463 e. The molecule has 2 atom stereocenters. The summed E-state index contributed by atoms with van der Waals surface area (Å²) in [5.74, 6) is -1.13. The van der Waals surface area contributed by atoms with E-state index in [1.165, 1.54) is 14.0 Å². The summed E-state index contributed by atoms with van der Waals surface area (Å²) >= 11 is 0. The molecule has 0 radical (unpaired) electrons. The van der Waals surface area contributed by atoms with Crippen LogP contribution >= 0.6 is 0 Å². The van der Waals surface area contributed by atoms with Crippen molar-refractivity contribution in [3.8, 4) is 0 Å². The van der Waals surface area contributed by atoms with E-state index in [-0.39, 0.29) is 6.61 Å². The van der Waals surface area contributed by atoms with Gasteiger partial charge in [-0.2, -0.15) is 0 Å². The molecule has 0 N–H and O–H groups in total. The van der Waals surface area contributed by atoms with Crippen molar-refractivity contribution in [2.24, 2.45) is 0 Å². The largest absolute Gasteiger partial charge is 0.463 e. The first-order valence-electron chi connectivity index (χ1n) is 4.42. The first kappa shape index (κ1) is 12.9. The fourth-order valence-electron chi connectivity index (χ4n) is 0.674. The predicted octanol–water partition coefficient (Wildman–Crippen LogP) is 0.516. The van der Waals surface area contributed by atoms with Crippen LogP contribution in [0.5, 0.6) is 0 Å². The molecule has 0 aromatic heterocycles. The SMILES string of the molecule is CCOC(=O)C(C)OC(=O)C(C)OC. The Balaban J connectivity index is 3.99. The number of carbonyl (C=O) groups is 2. The van der Waals surface area contributed by atoms with Crippen LogP contribution in [0.1, 0.15) is 20.8 Å². The number of methoxy groups -OCH3 is 1. The zero-order chi connectivity index (χ0) is 11.1. The Labute approximate surface area is 83.3 Å². The first-order chi connectivity index (χ1) is 6.52. The summed E-state index contributed by atoms with van der Waals surface area (Å²) in [6, 6.07) is 0. The Kier molecular flexibility index (Phi) is 5.87. The molecule has 0 rings (SSSR count). The molecule has 0 bridgehead atoms. The standard InChI is InChI=1S/C9H16O5/c1-5-13-8(10)7(3)14-9(11)6(2)12-4/h6-7H,5H2,1-4H3. The maximum Gasteiger partial charge on any atom is 0.347 e. The topological polar surface area (TPSA) is 61.8 Å². The summed E-state index contributed by atoms with van der Waals surface area (Å²) in [5.41, 5.74) is 0. The average molecular weight is 204 g/mol. The third-order valence-corrected chi connectivity index (χ3v) is 1.60. The van der Waals surface area contributed by atoms with Gasteiger partial charge in [-0.05, 0) is 20.8 Å². The van der Waals surface area contributed by atoms with Gasteiger partial charge in [0.15, 0.2) is 12.2 Å². The van der Waals surface area contributed by atoms with Crippen LogP contribution < -0.4 is 0 Å². The van der Waals surface area contributed by atoms with E-state index in [0.717, 1.165) is 0 Å². The highest BCUT2D eigenvalue weighted by molar-refractivity contribution is 5.80. The van der Waals surface area contributed by atoms with Crippen LogP contribution in [0, 0.1) is 0 Å². The van der Waals surface area contributed by atoms with Crippen LogP contribution in [-0.2, 0) is 23.8 Å². The van der Waals surface area contributed by atoms with Gasteiger partial charge < -0.3 is 14.2 Å². The maximum absolute atomic E-state index is 11.1. The number of hydrogen-bond donors (Lipinski definition) is 0. The number of hydrogen-bond acceptors (Lipinski definition) is 5. The van der Waals surface area contributed by atoms with Gasteiger partial charge in [0.25, 0.3) is 0 Å². The van der Waals surface area contributed by atoms with Crippen molar-refractivity contribution in [2.45, 2.75) is 33.0 Å².